The Bertz CT molecular complexity index is 1500. The van der Waals surface area contributed by atoms with Gasteiger partial charge in [0.2, 0.25) is 11.8 Å². The highest BCUT2D eigenvalue weighted by atomic mass is 35.5. The van der Waals surface area contributed by atoms with Crippen molar-refractivity contribution >= 4 is 39.1 Å². The van der Waals surface area contributed by atoms with E-state index in [2.05, 4.69) is 5.32 Å². The van der Waals surface area contributed by atoms with E-state index in [1.807, 2.05) is 39.0 Å². The van der Waals surface area contributed by atoms with Crippen LogP contribution in [0.3, 0.4) is 0 Å². The van der Waals surface area contributed by atoms with E-state index in [1.165, 1.54) is 4.90 Å². The van der Waals surface area contributed by atoms with Gasteiger partial charge in [-0.2, -0.15) is 0 Å². The molecule has 0 spiro atoms. The second-order valence-electron chi connectivity index (χ2n) is 10.9. The molecule has 0 unspecified atom stereocenters. The van der Waals surface area contributed by atoms with Crippen molar-refractivity contribution in [1.82, 2.24) is 10.2 Å². The van der Waals surface area contributed by atoms with Gasteiger partial charge in [-0.1, -0.05) is 72.5 Å². The van der Waals surface area contributed by atoms with Crippen LogP contribution in [0.1, 0.15) is 54.9 Å². The first-order valence-electron chi connectivity index (χ1n) is 14.0. The highest BCUT2D eigenvalue weighted by Gasteiger charge is 2.34. The Kier molecular flexibility index (Phi) is 9.76. The highest BCUT2D eigenvalue weighted by Crippen LogP contribution is 2.29. The molecule has 1 fully saturated rings. The summed E-state index contributed by atoms with van der Waals surface area (Å²) in [5.74, 6) is -0.771. The van der Waals surface area contributed by atoms with Crippen molar-refractivity contribution < 1.29 is 18.0 Å². The molecule has 0 saturated heterocycles. The van der Waals surface area contributed by atoms with Crippen molar-refractivity contribution in [1.29, 1.82) is 0 Å². The second kappa shape index (κ2) is 13.1. The van der Waals surface area contributed by atoms with Crippen molar-refractivity contribution in [2.45, 2.75) is 76.9 Å². The summed E-state index contributed by atoms with van der Waals surface area (Å²) in [6.45, 7) is 6.83. The Morgan fingerprint density at radius 1 is 0.951 bits per heavy atom. The number of amides is 2. The Morgan fingerprint density at radius 3 is 2.24 bits per heavy atom. The number of benzene rings is 3. The Hall–Kier alpha value is -3.36. The third-order valence-corrected chi connectivity index (χ3v) is 9.83. The summed E-state index contributed by atoms with van der Waals surface area (Å²) in [7, 11) is -4.13. The van der Waals surface area contributed by atoms with E-state index in [0.29, 0.717) is 21.8 Å². The van der Waals surface area contributed by atoms with Crippen LogP contribution in [0, 0.1) is 20.8 Å². The maximum absolute atomic E-state index is 14.2. The highest BCUT2D eigenvalue weighted by molar-refractivity contribution is 7.92. The van der Waals surface area contributed by atoms with Gasteiger partial charge in [0.1, 0.15) is 12.6 Å². The number of aryl methyl sites for hydroxylation is 3. The lowest BCUT2D eigenvalue weighted by Gasteiger charge is -2.33. The zero-order valence-corrected chi connectivity index (χ0v) is 25.6. The number of anilines is 1. The average Bonchev–Trinajstić information content (AvgIpc) is 3.45. The van der Waals surface area contributed by atoms with Crippen molar-refractivity contribution in [3.63, 3.8) is 0 Å². The smallest absolute Gasteiger partial charge is 0.264 e. The van der Waals surface area contributed by atoms with Crippen LogP contribution in [0.5, 0.6) is 0 Å². The number of nitrogens with one attached hydrogen (secondary N) is 1. The number of carbonyl (C=O) groups excluding carboxylic acids is 2. The van der Waals surface area contributed by atoms with Crippen molar-refractivity contribution in [2.24, 2.45) is 0 Å². The van der Waals surface area contributed by atoms with Gasteiger partial charge in [-0.15, -0.1) is 0 Å². The van der Waals surface area contributed by atoms with E-state index >= 15 is 0 Å². The predicted octanol–water partition coefficient (Wildman–Crippen LogP) is 5.94. The number of rotatable bonds is 10. The van der Waals surface area contributed by atoms with Crippen LogP contribution in [-0.4, -0.2) is 43.8 Å². The minimum absolute atomic E-state index is 0.0585. The molecule has 4 rings (SSSR count). The minimum Gasteiger partial charge on any atom is -0.352 e. The molecule has 9 heteroatoms. The van der Waals surface area contributed by atoms with Crippen LogP contribution in [0.2, 0.25) is 5.02 Å². The van der Waals surface area contributed by atoms with Crippen LogP contribution in [-0.2, 0) is 26.2 Å². The zero-order chi connectivity index (χ0) is 29.7. The minimum atomic E-state index is -4.13. The molecule has 3 aromatic carbocycles. The summed E-state index contributed by atoms with van der Waals surface area (Å²) in [6.07, 6.45) is 3.94. The first-order valence-corrected chi connectivity index (χ1v) is 15.8. The van der Waals surface area contributed by atoms with E-state index in [9.17, 15) is 18.0 Å². The molecular formula is C32H38ClN3O4S. The molecule has 1 saturated carbocycles. The lowest BCUT2D eigenvalue weighted by Crippen LogP contribution is -2.52. The van der Waals surface area contributed by atoms with Crippen LogP contribution in [0.15, 0.2) is 71.6 Å². The van der Waals surface area contributed by atoms with Crippen LogP contribution < -0.4 is 9.62 Å². The quantitative estimate of drug-likeness (QED) is 0.314. The molecule has 1 aliphatic carbocycles. The van der Waals surface area contributed by atoms with Crippen molar-refractivity contribution in [3.8, 4) is 0 Å². The fraction of sp³-hybridized carbons (Fsp3) is 0.375. The SMILES string of the molecule is Cc1ccc(S(=O)(=O)N(CC(=O)N(Cc2ccccc2Cl)[C@@H](C)C(=O)NC2CCCC2)c2cc(C)ccc2C)cc1. The molecule has 218 valence electrons. The van der Waals surface area contributed by atoms with E-state index in [0.717, 1.165) is 41.1 Å². The largest absolute Gasteiger partial charge is 0.352 e. The molecule has 0 aromatic heterocycles. The normalized spacial score (nSPS) is 14.5. The summed E-state index contributed by atoms with van der Waals surface area (Å²) in [5.41, 5.74) is 3.58. The Morgan fingerprint density at radius 2 is 1.59 bits per heavy atom. The van der Waals surface area contributed by atoms with E-state index in [4.69, 9.17) is 11.6 Å². The van der Waals surface area contributed by atoms with Crippen molar-refractivity contribution in [2.75, 3.05) is 10.8 Å². The first kappa shape index (κ1) is 30.6. The van der Waals surface area contributed by atoms with Gasteiger partial charge in [0, 0.05) is 17.6 Å². The topological polar surface area (TPSA) is 86.8 Å². The van der Waals surface area contributed by atoms with Crippen LogP contribution in [0.25, 0.3) is 0 Å². The molecular weight excluding hydrogens is 558 g/mol. The maximum Gasteiger partial charge on any atom is 0.264 e. The summed E-state index contributed by atoms with van der Waals surface area (Å²) in [6, 6.07) is 18.4. The van der Waals surface area contributed by atoms with Gasteiger partial charge in [-0.3, -0.25) is 13.9 Å². The third kappa shape index (κ3) is 7.29. The molecule has 0 aliphatic heterocycles. The van der Waals surface area contributed by atoms with E-state index in [1.54, 1.807) is 55.5 Å². The van der Waals surface area contributed by atoms with Gasteiger partial charge in [0.05, 0.1) is 10.6 Å². The number of halogens is 1. The molecule has 1 aliphatic rings. The molecule has 0 radical (unpaired) electrons. The van der Waals surface area contributed by atoms with Crippen LogP contribution >= 0.6 is 11.6 Å². The van der Waals surface area contributed by atoms with Gasteiger partial charge < -0.3 is 10.2 Å². The summed E-state index contributed by atoms with van der Waals surface area (Å²) in [5, 5.41) is 3.54. The number of carbonyl (C=O) groups is 2. The fourth-order valence-corrected chi connectivity index (χ4v) is 6.79. The molecule has 2 amide bonds. The maximum atomic E-state index is 14.2. The Labute approximate surface area is 248 Å². The molecule has 41 heavy (non-hydrogen) atoms. The van der Waals surface area contributed by atoms with Gasteiger partial charge in [0.15, 0.2) is 0 Å². The molecule has 0 heterocycles. The average molecular weight is 596 g/mol. The molecule has 0 bridgehead atoms. The predicted molar refractivity (Wildman–Crippen MR) is 163 cm³/mol. The first-order chi connectivity index (χ1) is 19.5. The Balaban J connectivity index is 1.73. The fourth-order valence-electron chi connectivity index (χ4n) is 5.12. The number of sulfonamides is 1. The van der Waals surface area contributed by atoms with Gasteiger partial charge in [-0.05, 0) is 81.5 Å². The van der Waals surface area contributed by atoms with Crippen molar-refractivity contribution in [3.05, 3.63) is 94.0 Å². The zero-order valence-electron chi connectivity index (χ0n) is 24.1. The summed E-state index contributed by atoms with van der Waals surface area (Å²) in [4.78, 5) is 29.0. The van der Waals surface area contributed by atoms with E-state index < -0.39 is 28.5 Å². The lowest BCUT2D eigenvalue weighted by atomic mass is 10.1. The monoisotopic (exact) mass is 595 g/mol. The number of hydrogen-bond acceptors (Lipinski definition) is 4. The second-order valence-corrected chi connectivity index (χ2v) is 13.2. The molecule has 3 aromatic rings. The lowest BCUT2D eigenvalue weighted by molar-refractivity contribution is -0.139. The molecule has 7 nitrogen and oxygen atoms in total. The summed E-state index contributed by atoms with van der Waals surface area (Å²) >= 11 is 6.46. The standard InChI is InChI=1S/C32H38ClN3O4S/c1-22-14-17-28(18-15-22)41(39,40)36(30-19-23(2)13-16-24(30)3)21-31(37)35(20-26-9-5-8-12-29(26)33)25(4)32(38)34-27-10-6-7-11-27/h5,8-9,12-19,25,27H,6-7,10-11,20-21H2,1-4H3,(H,34,38)/t25-/m0/s1. The third-order valence-electron chi connectivity index (χ3n) is 7.69. The van der Waals surface area contributed by atoms with Crippen LogP contribution in [0.4, 0.5) is 5.69 Å². The van der Waals surface area contributed by atoms with E-state index in [-0.39, 0.29) is 23.4 Å². The van der Waals surface area contributed by atoms with Gasteiger partial charge in [-0.25, -0.2) is 8.42 Å². The molecule has 1 N–H and O–H groups in total. The van der Waals surface area contributed by atoms with Gasteiger partial charge >= 0.3 is 0 Å². The number of hydrogen-bond donors (Lipinski definition) is 1. The molecule has 1 atom stereocenters. The summed E-state index contributed by atoms with van der Waals surface area (Å²) < 4.78 is 29.3. The van der Waals surface area contributed by atoms with Gasteiger partial charge in [0.25, 0.3) is 10.0 Å². The number of nitrogens with zero attached hydrogens (tertiary/aromatic N) is 2.